The standard InChI is InChI=1S/C24H25N3O6/c1-5-11-31-22-17(7-6-8-19(22)30-4)13-25-27-24(29)21(15(2)3)26-23(28)16-9-10-18-20(12-16)33-14-32-18/h1,6-10,12-13,15,21H,11,14H2,2-4H3,(H,26,28)(H,27,29). The molecule has 0 saturated heterocycles. The van der Waals surface area contributed by atoms with Gasteiger partial charge in [-0.3, -0.25) is 9.59 Å². The van der Waals surface area contributed by atoms with E-state index in [1.54, 1.807) is 36.4 Å². The summed E-state index contributed by atoms with van der Waals surface area (Å²) in [5.74, 6) is 3.27. The lowest BCUT2D eigenvalue weighted by Crippen LogP contribution is -2.48. The summed E-state index contributed by atoms with van der Waals surface area (Å²) in [6, 6.07) is 9.24. The minimum Gasteiger partial charge on any atom is -0.493 e. The van der Waals surface area contributed by atoms with Gasteiger partial charge in [0.25, 0.3) is 11.8 Å². The van der Waals surface area contributed by atoms with E-state index >= 15 is 0 Å². The number of methoxy groups -OCH3 is 1. The Morgan fingerprint density at radius 3 is 2.76 bits per heavy atom. The molecule has 172 valence electrons. The minimum absolute atomic E-state index is 0.0505. The smallest absolute Gasteiger partial charge is 0.262 e. The second-order valence-corrected chi connectivity index (χ2v) is 7.37. The number of rotatable bonds is 9. The van der Waals surface area contributed by atoms with Crippen LogP contribution >= 0.6 is 0 Å². The van der Waals surface area contributed by atoms with E-state index in [1.807, 2.05) is 13.8 Å². The van der Waals surface area contributed by atoms with Gasteiger partial charge in [0.2, 0.25) is 6.79 Å². The van der Waals surface area contributed by atoms with Crippen LogP contribution in [-0.2, 0) is 4.79 Å². The van der Waals surface area contributed by atoms with Crippen LogP contribution in [0.1, 0.15) is 29.8 Å². The molecule has 0 aromatic heterocycles. The molecule has 9 heteroatoms. The molecule has 0 fully saturated rings. The molecule has 2 N–H and O–H groups in total. The Morgan fingerprint density at radius 1 is 1.24 bits per heavy atom. The lowest BCUT2D eigenvalue weighted by atomic mass is 10.0. The number of fused-ring (bicyclic) bond motifs is 1. The van der Waals surface area contributed by atoms with Gasteiger partial charge in [-0.25, -0.2) is 5.43 Å². The summed E-state index contributed by atoms with van der Waals surface area (Å²) in [5, 5.41) is 6.76. The minimum atomic E-state index is -0.817. The summed E-state index contributed by atoms with van der Waals surface area (Å²) in [6.45, 7) is 3.80. The average Bonchev–Trinajstić information content (AvgIpc) is 3.28. The maximum Gasteiger partial charge on any atom is 0.262 e. The molecule has 0 radical (unpaired) electrons. The van der Waals surface area contributed by atoms with E-state index in [0.717, 1.165) is 0 Å². The second-order valence-electron chi connectivity index (χ2n) is 7.37. The number of hydrogen-bond donors (Lipinski definition) is 2. The van der Waals surface area contributed by atoms with Gasteiger partial charge in [0, 0.05) is 11.1 Å². The summed E-state index contributed by atoms with van der Waals surface area (Å²) < 4.78 is 21.4. The molecule has 9 nitrogen and oxygen atoms in total. The zero-order valence-electron chi connectivity index (χ0n) is 18.6. The number of carbonyl (C=O) groups excluding carboxylic acids is 2. The van der Waals surface area contributed by atoms with Crippen molar-refractivity contribution in [3.63, 3.8) is 0 Å². The lowest BCUT2D eigenvalue weighted by molar-refractivity contribution is -0.123. The van der Waals surface area contributed by atoms with Crippen molar-refractivity contribution in [2.45, 2.75) is 19.9 Å². The molecule has 3 rings (SSSR count). The third kappa shape index (κ3) is 5.74. The first-order chi connectivity index (χ1) is 15.9. The molecule has 2 aromatic rings. The van der Waals surface area contributed by atoms with Crippen molar-refractivity contribution >= 4 is 18.0 Å². The Kier molecular flexibility index (Phi) is 7.76. The van der Waals surface area contributed by atoms with Crippen molar-refractivity contribution in [3.8, 4) is 35.3 Å². The van der Waals surface area contributed by atoms with E-state index in [4.69, 9.17) is 25.4 Å². The van der Waals surface area contributed by atoms with Gasteiger partial charge >= 0.3 is 0 Å². The van der Waals surface area contributed by atoms with Crippen molar-refractivity contribution in [3.05, 3.63) is 47.5 Å². The van der Waals surface area contributed by atoms with Gasteiger partial charge in [-0.05, 0) is 36.2 Å². The number of nitrogens with zero attached hydrogens (tertiary/aromatic N) is 1. The molecule has 0 spiro atoms. The van der Waals surface area contributed by atoms with Crippen LogP contribution in [0.3, 0.4) is 0 Å². The second kappa shape index (κ2) is 10.9. The first-order valence-corrected chi connectivity index (χ1v) is 10.2. The maximum atomic E-state index is 12.7. The number of carbonyl (C=O) groups is 2. The highest BCUT2D eigenvalue weighted by molar-refractivity contribution is 5.98. The van der Waals surface area contributed by atoms with Crippen LogP contribution in [-0.4, -0.2) is 44.6 Å². The van der Waals surface area contributed by atoms with Gasteiger partial charge in [0.1, 0.15) is 12.6 Å². The summed E-state index contributed by atoms with van der Waals surface area (Å²) in [5.41, 5.74) is 3.39. The Bertz CT molecular complexity index is 1090. The number of nitrogens with one attached hydrogen (secondary N) is 2. The highest BCUT2D eigenvalue weighted by Crippen LogP contribution is 2.32. The first kappa shape index (κ1) is 23.5. The van der Waals surface area contributed by atoms with E-state index < -0.39 is 17.9 Å². The van der Waals surface area contributed by atoms with Gasteiger partial charge < -0.3 is 24.3 Å². The molecular weight excluding hydrogens is 426 g/mol. The molecule has 0 saturated carbocycles. The molecule has 2 amide bonds. The van der Waals surface area contributed by atoms with Crippen LogP contribution < -0.4 is 29.7 Å². The number of hydrazone groups is 1. The van der Waals surface area contributed by atoms with Crippen molar-refractivity contribution in [2.24, 2.45) is 11.0 Å². The highest BCUT2D eigenvalue weighted by Gasteiger charge is 2.25. The van der Waals surface area contributed by atoms with Crippen LogP contribution in [0.15, 0.2) is 41.5 Å². The predicted octanol–water partition coefficient (Wildman–Crippen LogP) is 2.34. The molecular formula is C24H25N3O6. The number of hydrogen-bond acceptors (Lipinski definition) is 7. The Labute approximate surface area is 192 Å². The Hall–Kier alpha value is -4.19. The number of terminal acetylenes is 1. The van der Waals surface area contributed by atoms with Crippen LogP contribution in [0.25, 0.3) is 0 Å². The summed E-state index contributed by atoms with van der Waals surface area (Å²) in [7, 11) is 1.51. The largest absolute Gasteiger partial charge is 0.493 e. The van der Waals surface area contributed by atoms with Gasteiger partial charge in [-0.1, -0.05) is 25.8 Å². The monoisotopic (exact) mass is 451 g/mol. The fourth-order valence-corrected chi connectivity index (χ4v) is 3.10. The van der Waals surface area contributed by atoms with E-state index in [0.29, 0.717) is 34.1 Å². The molecule has 0 bridgehead atoms. The van der Waals surface area contributed by atoms with E-state index in [-0.39, 0.29) is 19.3 Å². The third-order valence-corrected chi connectivity index (χ3v) is 4.78. The lowest BCUT2D eigenvalue weighted by Gasteiger charge is -2.20. The summed E-state index contributed by atoms with van der Waals surface area (Å²) in [6.07, 6.45) is 6.69. The third-order valence-electron chi connectivity index (χ3n) is 4.78. The predicted molar refractivity (Wildman–Crippen MR) is 122 cm³/mol. The quantitative estimate of drug-likeness (QED) is 0.344. The molecule has 1 atom stereocenters. The zero-order valence-corrected chi connectivity index (χ0v) is 18.6. The zero-order chi connectivity index (χ0) is 23.8. The van der Waals surface area contributed by atoms with E-state index in [1.165, 1.54) is 13.3 Å². The molecule has 33 heavy (non-hydrogen) atoms. The fraction of sp³-hybridized carbons (Fsp3) is 0.292. The van der Waals surface area contributed by atoms with Crippen molar-refractivity contribution in [1.29, 1.82) is 0 Å². The van der Waals surface area contributed by atoms with Crippen molar-refractivity contribution in [1.82, 2.24) is 10.7 Å². The average molecular weight is 451 g/mol. The molecule has 1 heterocycles. The van der Waals surface area contributed by atoms with E-state index in [2.05, 4.69) is 21.8 Å². The summed E-state index contributed by atoms with van der Waals surface area (Å²) >= 11 is 0. The number of ether oxygens (including phenoxy) is 4. The fourth-order valence-electron chi connectivity index (χ4n) is 3.10. The first-order valence-electron chi connectivity index (χ1n) is 10.2. The molecule has 2 aromatic carbocycles. The Balaban J connectivity index is 1.68. The number of amides is 2. The van der Waals surface area contributed by atoms with Crippen LogP contribution in [0.4, 0.5) is 0 Å². The number of para-hydroxylation sites is 1. The number of benzene rings is 2. The Morgan fingerprint density at radius 2 is 2.03 bits per heavy atom. The van der Waals surface area contributed by atoms with E-state index in [9.17, 15) is 9.59 Å². The SMILES string of the molecule is C#CCOc1c(C=NNC(=O)C(NC(=O)c2ccc3c(c2)OCO3)C(C)C)cccc1OC. The summed E-state index contributed by atoms with van der Waals surface area (Å²) in [4.78, 5) is 25.4. The molecule has 1 aliphatic heterocycles. The van der Waals surface area contributed by atoms with Gasteiger partial charge in [0.15, 0.2) is 23.0 Å². The molecule has 1 aliphatic rings. The van der Waals surface area contributed by atoms with Crippen molar-refractivity contribution < 1.29 is 28.5 Å². The highest BCUT2D eigenvalue weighted by atomic mass is 16.7. The van der Waals surface area contributed by atoms with Gasteiger partial charge in [-0.2, -0.15) is 5.10 Å². The van der Waals surface area contributed by atoms with Crippen LogP contribution in [0.5, 0.6) is 23.0 Å². The normalized spacial score (nSPS) is 12.8. The van der Waals surface area contributed by atoms with Gasteiger partial charge in [0.05, 0.1) is 13.3 Å². The van der Waals surface area contributed by atoms with Crippen LogP contribution in [0.2, 0.25) is 0 Å². The van der Waals surface area contributed by atoms with Gasteiger partial charge in [-0.15, -0.1) is 6.42 Å². The molecule has 0 aliphatic carbocycles. The molecule has 1 unspecified atom stereocenters. The van der Waals surface area contributed by atoms with Crippen LogP contribution in [0, 0.1) is 18.3 Å². The van der Waals surface area contributed by atoms with Crippen molar-refractivity contribution in [2.75, 3.05) is 20.5 Å². The maximum absolute atomic E-state index is 12.7. The topological polar surface area (TPSA) is 107 Å².